The van der Waals surface area contributed by atoms with Crippen molar-refractivity contribution in [2.45, 2.75) is 19.0 Å². The minimum atomic E-state index is 0.171. The quantitative estimate of drug-likeness (QED) is 0.790. The van der Waals surface area contributed by atoms with Gasteiger partial charge in [0, 0.05) is 26.2 Å². The van der Waals surface area contributed by atoms with E-state index in [4.69, 9.17) is 0 Å². The summed E-state index contributed by atoms with van der Waals surface area (Å²) in [5.74, 6) is 1.40. The molecule has 0 spiro atoms. The average Bonchev–Trinajstić information content (AvgIpc) is 2.94. The molecule has 0 saturated carbocycles. The second-order valence-electron chi connectivity index (χ2n) is 6.12. The SMILES string of the molecule is Cc1ccccc1-n1c(C)nnc1SCC(=O)N1CCN(C)CC1. The van der Waals surface area contributed by atoms with Crippen molar-refractivity contribution < 1.29 is 4.79 Å². The molecule has 1 amide bonds. The normalized spacial score (nSPS) is 15.7. The van der Waals surface area contributed by atoms with Gasteiger partial charge in [-0.2, -0.15) is 0 Å². The van der Waals surface area contributed by atoms with E-state index in [-0.39, 0.29) is 5.91 Å². The van der Waals surface area contributed by atoms with Crippen molar-refractivity contribution in [1.82, 2.24) is 24.6 Å². The van der Waals surface area contributed by atoms with E-state index in [9.17, 15) is 4.79 Å². The Balaban J connectivity index is 1.71. The monoisotopic (exact) mass is 345 g/mol. The van der Waals surface area contributed by atoms with Crippen molar-refractivity contribution in [3.8, 4) is 5.69 Å². The van der Waals surface area contributed by atoms with Crippen molar-refractivity contribution >= 4 is 17.7 Å². The molecule has 0 N–H and O–H groups in total. The predicted octanol–water partition coefficient (Wildman–Crippen LogP) is 1.75. The molecule has 0 atom stereocenters. The molecule has 1 saturated heterocycles. The molecule has 0 aliphatic carbocycles. The Hall–Kier alpha value is -1.86. The molecule has 3 rings (SSSR count). The number of carbonyl (C=O) groups is 1. The maximum Gasteiger partial charge on any atom is 0.233 e. The summed E-state index contributed by atoms with van der Waals surface area (Å²) >= 11 is 1.46. The largest absolute Gasteiger partial charge is 0.339 e. The number of amides is 1. The van der Waals surface area contributed by atoms with Gasteiger partial charge in [0.2, 0.25) is 5.91 Å². The molecule has 128 valence electrons. The number of para-hydroxylation sites is 1. The van der Waals surface area contributed by atoms with Crippen LogP contribution in [0.25, 0.3) is 5.69 Å². The second-order valence-corrected chi connectivity index (χ2v) is 7.07. The average molecular weight is 345 g/mol. The van der Waals surface area contributed by atoms with E-state index in [0.717, 1.165) is 48.4 Å². The number of aryl methyl sites for hydroxylation is 2. The van der Waals surface area contributed by atoms with Gasteiger partial charge in [-0.05, 0) is 32.5 Å². The molecular weight excluding hydrogens is 322 g/mol. The van der Waals surface area contributed by atoms with Crippen molar-refractivity contribution in [2.24, 2.45) is 0 Å². The van der Waals surface area contributed by atoms with Crippen LogP contribution in [0.15, 0.2) is 29.4 Å². The first-order valence-corrected chi connectivity index (χ1v) is 9.12. The van der Waals surface area contributed by atoms with Gasteiger partial charge < -0.3 is 9.80 Å². The summed E-state index contributed by atoms with van der Waals surface area (Å²) in [6, 6.07) is 8.14. The number of rotatable bonds is 4. The standard InChI is InChI=1S/C17H23N5OS/c1-13-6-4-5-7-15(13)22-14(2)18-19-17(22)24-12-16(23)21-10-8-20(3)9-11-21/h4-7H,8-12H2,1-3H3. The summed E-state index contributed by atoms with van der Waals surface area (Å²) in [6.45, 7) is 7.49. The first-order valence-electron chi connectivity index (χ1n) is 8.13. The van der Waals surface area contributed by atoms with Gasteiger partial charge in [0.25, 0.3) is 0 Å². The predicted molar refractivity (Wildman–Crippen MR) is 95.6 cm³/mol. The Labute approximate surface area is 146 Å². The number of piperazine rings is 1. The smallest absolute Gasteiger partial charge is 0.233 e. The summed E-state index contributed by atoms with van der Waals surface area (Å²) in [6.07, 6.45) is 0. The Kier molecular flexibility index (Phi) is 5.20. The van der Waals surface area contributed by atoms with Gasteiger partial charge in [-0.1, -0.05) is 30.0 Å². The first-order chi connectivity index (χ1) is 11.6. The summed E-state index contributed by atoms with van der Waals surface area (Å²) in [5, 5.41) is 9.22. The van der Waals surface area contributed by atoms with Gasteiger partial charge in [-0.15, -0.1) is 10.2 Å². The number of likely N-dealkylation sites (N-methyl/N-ethyl adjacent to an activating group) is 1. The summed E-state index contributed by atoms with van der Waals surface area (Å²) < 4.78 is 2.03. The van der Waals surface area contributed by atoms with E-state index in [1.165, 1.54) is 11.8 Å². The van der Waals surface area contributed by atoms with Crippen LogP contribution in [-0.2, 0) is 4.79 Å². The lowest BCUT2D eigenvalue weighted by molar-refractivity contribution is -0.129. The van der Waals surface area contributed by atoms with Gasteiger partial charge in [0.05, 0.1) is 11.4 Å². The highest BCUT2D eigenvalue weighted by molar-refractivity contribution is 7.99. The molecule has 6 nitrogen and oxygen atoms in total. The number of aromatic nitrogens is 3. The van der Waals surface area contributed by atoms with Crippen LogP contribution >= 0.6 is 11.8 Å². The van der Waals surface area contributed by atoms with Gasteiger partial charge in [-0.3, -0.25) is 9.36 Å². The zero-order chi connectivity index (χ0) is 17.1. The molecule has 1 aromatic heterocycles. The lowest BCUT2D eigenvalue weighted by Crippen LogP contribution is -2.47. The number of hydrogen-bond donors (Lipinski definition) is 0. The fourth-order valence-electron chi connectivity index (χ4n) is 2.80. The zero-order valence-electron chi connectivity index (χ0n) is 14.4. The third-order valence-corrected chi connectivity index (χ3v) is 5.25. The van der Waals surface area contributed by atoms with E-state index in [1.54, 1.807) is 0 Å². The molecule has 1 aliphatic heterocycles. The van der Waals surface area contributed by atoms with Crippen LogP contribution in [-0.4, -0.2) is 69.5 Å². The van der Waals surface area contributed by atoms with Crippen molar-refractivity contribution in [3.63, 3.8) is 0 Å². The van der Waals surface area contributed by atoms with Crippen LogP contribution in [0, 0.1) is 13.8 Å². The van der Waals surface area contributed by atoms with Crippen molar-refractivity contribution in [2.75, 3.05) is 39.0 Å². The number of thioether (sulfide) groups is 1. The van der Waals surface area contributed by atoms with Gasteiger partial charge >= 0.3 is 0 Å². The molecule has 1 aliphatic rings. The highest BCUT2D eigenvalue weighted by Gasteiger charge is 2.20. The third-order valence-electron chi connectivity index (χ3n) is 4.33. The van der Waals surface area contributed by atoms with Crippen LogP contribution in [0.5, 0.6) is 0 Å². The van der Waals surface area contributed by atoms with Crippen molar-refractivity contribution in [1.29, 1.82) is 0 Å². The number of carbonyl (C=O) groups excluding carboxylic acids is 1. The fourth-order valence-corrected chi connectivity index (χ4v) is 3.69. The maximum absolute atomic E-state index is 12.4. The van der Waals surface area contributed by atoms with Crippen LogP contribution in [0.3, 0.4) is 0 Å². The second kappa shape index (κ2) is 7.36. The molecule has 1 aromatic carbocycles. The van der Waals surface area contributed by atoms with Crippen LogP contribution in [0.4, 0.5) is 0 Å². The van der Waals surface area contributed by atoms with Crippen LogP contribution in [0.2, 0.25) is 0 Å². The van der Waals surface area contributed by atoms with E-state index >= 15 is 0 Å². The van der Waals surface area contributed by atoms with Gasteiger partial charge in [-0.25, -0.2) is 0 Å². The topological polar surface area (TPSA) is 54.3 Å². The fraction of sp³-hybridized carbons (Fsp3) is 0.471. The molecule has 0 radical (unpaired) electrons. The highest BCUT2D eigenvalue weighted by Crippen LogP contribution is 2.24. The van der Waals surface area contributed by atoms with Crippen molar-refractivity contribution in [3.05, 3.63) is 35.7 Å². The van der Waals surface area contributed by atoms with Gasteiger partial charge in [0.15, 0.2) is 5.16 Å². The van der Waals surface area contributed by atoms with E-state index in [0.29, 0.717) is 5.75 Å². The molecule has 24 heavy (non-hydrogen) atoms. The molecular formula is C17H23N5OS. The van der Waals surface area contributed by atoms with E-state index in [2.05, 4.69) is 41.2 Å². The molecule has 7 heteroatoms. The lowest BCUT2D eigenvalue weighted by Gasteiger charge is -2.32. The first kappa shape index (κ1) is 17.0. The Morgan fingerprint density at radius 3 is 2.54 bits per heavy atom. The van der Waals surface area contributed by atoms with Crippen LogP contribution in [0.1, 0.15) is 11.4 Å². The highest BCUT2D eigenvalue weighted by atomic mass is 32.2. The van der Waals surface area contributed by atoms with E-state index < -0.39 is 0 Å². The summed E-state index contributed by atoms with van der Waals surface area (Å²) in [7, 11) is 2.09. The van der Waals surface area contributed by atoms with E-state index in [1.807, 2.05) is 28.5 Å². The Bertz CT molecular complexity index is 722. The minimum Gasteiger partial charge on any atom is -0.339 e. The summed E-state index contributed by atoms with van der Waals surface area (Å²) in [4.78, 5) is 16.6. The third kappa shape index (κ3) is 3.62. The Morgan fingerprint density at radius 1 is 1.12 bits per heavy atom. The van der Waals surface area contributed by atoms with Crippen LogP contribution < -0.4 is 0 Å². The molecule has 1 fully saturated rings. The molecule has 0 bridgehead atoms. The zero-order valence-corrected chi connectivity index (χ0v) is 15.2. The Morgan fingerprint density at radius 2 is 1.83 bits per heavy atom. The lowest BCUT2D eigenvalue weighted by atomic mass is 10.2. The van der Waals surface area contributed by atoms with Gasteiger partial charge in [0.1, 0.15) is 5.82 Å². The summed E-state index contributed by atoms with van der Waals surface area (Å²) in [5.41, 5.74) is 2.22. The molecule has 0 unspecified atom stereocenters. The molecule has 2 aromatic rings. The maximum atomic E-state index is 12.4. The molecule has 2 heterocycles. The number of hydrogen-bond acceptors (Lipinski definition) is 5. The number of benzene rings is 1. The number of nitrogens with zero attached hydrogens (tertiary/aromatic N) is 5. The minimum absolute atomic E-state index is 0.171.